The van der Waals surface area contributed by atoms with Gasteiger partial charge >= 0.3 is 17.7 Å². The van der Waals surface area contributed by atoms with Crippen molar-refractivity contribution in [3.8, 4) is 5.75 Å². The molecule has 1 unspecified atom stereocenters. The number of benzene rings is 1. The zero-order valence-electron chi connectivity index (χ0n) is 9.67. The second kappa shape index (κ2) is 5.34. The Hall–Kier alpha value is -2.04. The standard InChI is InChI=1S/C12H14O5/c1-3-12(11(14)15,16-9(2)13)17-10-7-5-4-6-8-10/h4-8H,3H2,1-2H3,(H,14,15). The Morgan fingerprint density at radius 2 is 1.88 bits per heavy atom. The molecule has 0 fully saturated rings. The van der Waals surface area contributed by atoms with Crippen LogP contribution in [0.4, 0.5) is 0 Å². The summed E-state index contributed by atoms with van der Waals surface area (Å²) < 4.78 is 10.1. The van der Waals surface area contributed by atoms with E-state index in [0.29, 0.717) is 5.75 Å². The van der Waals surface area contributed by atoms with E-state index in [4.69, 9.17) is 14.6 Å². The van der Waals surface area contributed by atoms with Crippen molar-refractivity contribution >= 4 is 11.9 Å². The number of aliphatic carboxylic acids is 1. The number of carbonyl (C=O) groups is 2. The smallest absolute Gasteiger partial charge is 0.390 e. The van der Waals surface area contributed by atoms with Crippen LogP contribution in [0.1, 0.15) is 20.3 Å². The van der Waals surface area contributed by atoms with Gasteiger partial charge in [-0.2, -0.15) is 0 Å². The van der Waals surface area contributed by atoms with Crippen LogP contribution in [0.15, 0.2) is 30.3 Å². The molecule has 0 amide bonds. The summed E-state index contributed by atoms with van der Waals surface area (Å²) in [4.78, 5) is 22.1. The molecule has 0 saturated carbocycles. The molecule has 1 aromatic carbocycles. The van der Waals surface area contributed by atoms with Gasteiger partial charge in [-0.25, -0.2) is 4.79 Å². The van der Waals surface area contributed by atoms with Crippen LogP contribution >= 0.6 is 0 Å². The van der Waals surface area contributed by atoms with E-state index in [1.54, 1.807) is 37.3 Å². The molecule has 0 aliphatic heterocycles. The van der Waals surface area contributed by atoms with Gasteiger partial charge < -0.3 is 14.6 Å². The van der Waals surface area contributed by atoms with E-state index < -0.39 is 17.7 Å². The molecule has 0 radical (unpaired) electrons. The number of esters is 1. The van der Waals surface area contributed by atoms with Gasteiger partial charge in [0.05, 0.1) is 0 Å². The molecule has 0 aliphatic carbocycles. The average molecular weight is 238 g/mol. The average Bonchev–Trinajstić information content (AvgIpc) is 2.28. The lowest BCUT2D eigenvalue weighted by Crippen LogP contribution is -2.47. The number of rotatable bonds is 5. The van der Waals surface area contributed by atoms with Crippen LogP contribution in [0, 0.1) is 0 Å². The second-order valence-electron chi connectivity index (χ2n) is 3.42. The van der Waals surface area contributed by atoms with Crippen LogP contribution in [0.3, 0.4) is 0 Å². The van der Waals surface area contributed by atoms with Crippen LogP contribution in [0.25, 0.3) is 0 Å². The molecule has 1 atom stereocenters. The summed E-state index contributed by atoms with van der Waals surface area (Å²) >= 11 is 0. The Labute approximate surface area is 99.0 Å². The lowest BCUT2D eigenvalue weighted by atomic mass is 10.2. The van der Waals surface area contributed by atoms with Crippen molar-refractivity contribution in [3.05, 3.63) is 30.3 Å². The number of carboxylic acid groups (broad SMARTS) is 1. The van der Waals surface area contributed by atoms with Gasteiger partial charge in [0, 0.05) is 13.3 Å². The topological polar surface area (TPSA) is 72.8 Å². The molecule has 1 aromatic rings. The Bertz CT molecular complexity index is 401. The lowest BCUT2D eigenvalue weighted by Gasteiger charge is -2.27. The Balaban J connectivity index is 2.98. The number of hydrogen-bond acceptors (Lipinski definition) is 4. The molecule has 0 aliphatic rings. The minimum Gasteiger partial charge on any atom is -0.475 e. The van der Waals surface area contributed by atoms with E-state index in [9.17, 15) is 9.59 Å². The Morgan fingerprint density at radius 3 is 2.29 bits per heavy atom. The monoisotopic (exact) mass is 238 g/mol. The molecular formula is C12H14O5. The second-order valence-corrected chi connectivity index (χ2v) is 3.42. The highest BCUT2D eigenvalue weighted by atomic mass is 16.7. The summed E-state index contributed by atoms with van der Waals surface area (Å²) in [5, 5.41) is 9.13. The summed E-state index contributed by atoms with van der Waals surface area (Å²) in [6.45, 7) is 2.71. The van der Waals surface area contributed by atoms with Gasteiger partial charge in [-0.3, -0.25) is 4.79 Å². The molecule has 0 aromatic heterocycles. The van der Waals surface area contributed by atoms with Crippen molar-refractivity contribution in [3.63, 3.8) is 0 Å². The molecule has 17 heavy (non-hydrogen) atoms. The Morgan fingerprint density at radius 1 is 1.29 bits per heavy atom. The van der Waals surface area contributed by atoms with Gasteiger partial charge in [-0.1, -0.05) is 25.1 Å². The summed E-state index contributed by atoms with van der Waals surface area (Å²) in [7, 11) is 0. The van der Waals surface area contributed by atoms with Crippen LogP contribution < -0.4 is 4.74 Å². The van der Waals surface area contributed by atoms with Crippen molar-refractivity contribution in [2.45, 2.75) is 26.1 Å². The molecular weight excluding hydrogens is 224 g/mol. The van der Waals surface area contributed by atoms with Gasteiger partial charge in [0.1, 0.15) is 5.75 Å². The summed E-state index contributed by atoms with van der Waals surface area (Å²) in [5.41, 5.74) is 0. The van der Waals surface area contributed by atoms with E-state index in [1.165, 1.54) is 0 Å². The van der Waals surface area contributed by atoms with Gasteiger partial charge in [0.25, 0.3) is 0 Å². The maximum Gasteiger partial charge on any atom is 0.390 e. The molecule has 0 spiro atoms. The predicted octanol–water partition coefficient (Wildman–Crippen LogP) is 1.82. The first-order chi connectivity index (χ1) is 8.00. The highest BCUT2D eigenvalue weighted by molar-refractivity contribution is 5.80. The summed E-state index contributed by atoms with van der Waals surface area (Å²) in [5.74, 6) is -3.67. The molecule has 1 N–H and O–H groups in total. The van der Waals surface area contributed by atoms with E-state index >= 15 is 0 Å². The van der Waals surface area contributed by atoms with E-state index in [-0.39, 0.29) is 6.42 Å². The van der Waals surface area contributed by atoms with E-state index in [1.807, 2.05) is 0 Å². The number of carbonyl (C=O) groups excluding carboxylic acids is 1. The van der Waals surface area contributed by atoms with Crippen LogP contribution in [0.2, 0.25) is 0 Å². The van der Waals surface area contributed by atoms with E-state index in [0.717, 1.165) is 6.92 Å². The lowest BCUT2D eigenvalue weighted by molar-refractivity contribution is -0.214. The fraction of sp³-hybridized carbons (Fsp3) is 0.333. The minimum absolute atomic E-state index is 0.0107. The van der Waals surface area contributed by atoms with Gasteiger partial charge in [-0.05, 0) is 12.1 Å². The molecule has 0 bridgehead atoms. The van der Waals surface area contributed by atoms with Gasteiger partial charge in [0.2, 0.25) is 0 Å². The number of para-hydroxylation sites is 1. The highest BCUT2D eigenvalue weighted by Gasteiger charge is 2.43. The first-order valence-corrected chi connectivity index (χ1v) is 5.17. The third-order valence-corrected chi connectivity index (χ3v) is 2.13. The fourth-order valence-corrected chi connectivity index (χ4v) is 1.31. The number of hydrogen-bond donors (Lipinski definition) is 1. The van der Waals surface area contributed by atoms with Crippen LogP contribution in [0.5, 0.6) is 5.75 Å². The molecule has 0 heterocycles. The number of ether oxygens (including phenoxy) is 2. The van der Waals surface area contributed by atoms with Gasteiger partial charge in [-0.15, -0.1) is 0 Å². The van der Waals surface area contributed by atoms with E-state index in [2.05, 4.69) is 0 Å². The fourth-order valence-electron chi connectivity index (χ4n) is 1.31. The van der Waals surface area contributed by atoms with Crippen molar-refractivity contribution in [2.24, 2.45) is 0 Å². The molecule has 1 rings (SSSR count). The normalized spacial score (nSPS) is 13.5. The van der Waals surface area contributed by atoms with Crippen molar-refractivity contribution < 1.29 is 24.2 Å². The Kier molecular flexibility index (Phi) is 4.09. The molecule has 5 heteroatoms. The van der Waals surface area contributed by atoms with Crippen LogP contribution in [-0.4, -0.2) is 22.8 Å². The zero-order valence-corrected chi connectivity index (χ0v) is 9.67. The zero-order chi connectivity index (χ0) is 12.9. The first kappa shape index (κ1) is 13.0. The SMILES string of the molecule is CCC(OC(C)=O)(Oc1ccccc1)C(=O)O. The maximum absolute atomic E-state index is 11.2. The number of carboxylic acids is 1. The van der Waals surface area contributed by atoms with Crippen molar-refractivity contribution in [1.82, 2.24) is 0 Å². The first-order valence-electron chi connectivity index (χ1n) is 5.17. The summed E-state index contributed by atoms with van der Waals surface area (Å²) in [6.07, 6.45) is 0.0107. The maximum atomic E-state index is 11.2. The molecule has 0 saturated heterocycles. The third kappa shape index (κ3) is 3.21. The van der Waals surface area contributed by atoms with Gasteiger partial charge in [0.15, 0.2) is 0 Å². The highest BCUT2D eigenvalue weighted by Crippen LogP contribution is 2.23. The molecule has 92 valence electrons. The van der Waals surface area contributed by atoms with Crippen molar-refractivity contribution in [1.29, 1.82) is 0 Å². The van der Waals surface area contributed by atoms with Crippen molar-refractivity contribution in [2.75, 3.05) is 0 Å². The summed E-state index contributed by atoms with van der Waals surface area (Å²) in [6, 6.07) is 8.36. The minimum atomic E-state index is -1.97. The van der Waals surface area contributed by atoms with Crippen LogP contribution in [-0.2, 0) is 14.3 Å². The quantitative estimate of drug-likeness (QED) is 0.625. The largest absolute Gasteiger partial charge is 0.475 e. The predicted molar refractivity (Wildman–Crippen MR) is 59.5 cm³/mol. The third-order valence-electron chi connectivity index (χ3n) is 2.13. The molecule has 5 nitrogen and oxygen atoms in total.